The minimum absolute atomic E-state index is 0.0557. The van der Waals surface area contributed by atoms with Crippen LogP contribution in [0.3, 0.4) is 0 Å². The van der Waals surface area contributed by atoms with E-state index < -0.39 is 0 Å². The van der Waals surface area contributed by atoms with Gasteiger partial charge >= 0.3 is 0 Å². The van der Waals surface area contributed by atoms with Gasteiger partial charge in [0, 0.05) is 12.7 Å². The maximum Gasteiger partial charge on any atom is 0.271 e. The van der Waals surface area contributed by atoms with Crippen LogP contribution in [0.2, 0.25) is 0 Å². The number of hydrogen-bond donors (Lipinski definition) is 1. The van der Waals surface area contributed by atoms with E-state index in [4.69, 9.17) is 4.74 Å². The molecule has 1 atom stereocenters. The van der Waals surface area contributed by atoms with E-state index in [-0.39, 0.29) is 23.5 Å². The van der Waals surface area contributed by atoms with Crippen molar-refractivity contribution in [3.63, 3.8) is 0 Å². The van der Waals surface area contributed by atoms with Gasteiger partial charge in [-0.05, 0) is 61.8 Å². The van der Waals surface area contributed by atoms with Crippen LogP contribution in [0.5, 0.6) is 5.75 Å². The van der Waals surface area contributed by atoms with Crippen LogP contribution in [0.15, 0.2) is 60.8 Å². The summed E-state index contributed by atoms with van der Waals surface area (Å²) in [7, 11) is 1.65. The molecular weight excluding hydrogens is 383 g/mol. The molecule has 1 N–H and O–H groups in total. The second kappa shape index (κ2) is 9.09. The van der Waals surface area contributed by atoms with Gasteiger partial charge in [-0.15, -0.1) is 0 Å². The summed E-state index contributed by atoms with van der Waals surface area (Å²) in [6.07, 6.45) is 3.90. The zero-order valence-corrected chi connectivity index (χ0v) is 16.9. The van der Waals surface area contributed by atoms with Gasteiger partial charge in [0.05, 0.1) is 13.2 Å². The number of nitrogens with zero attached hydrogens (tertiary/aromatic N) is 3. The molecule has 3 aromatic rings. The van der Waals surface area contributed by atoms with E-state index >= 15 is 0 Å². The number of hydrogen-bond acceptors (Lipinski definition) is 4. The molecule has 2 heterocycles. The first-order valence-corrected chi connectivity index (χ1v) is 10.1. The van der Waals surface area contributed by atoms with E-state index in [9.17, 15) is 9.18 Å². The molecule has 0 radical (unpaired) electrons. The van der Waals surface area contributed by atoms with E-state index in [2.05, 4.69) is 21.4 Å². The number of likely N-dealkylation sites (tertiary alicyclic amines) is 1. The molecular formula is C23H25FN4O2. The summed E-state index contributed by atoms with van der Waals surface area (Å²) in [5.41, 5.74) is 1.67. The molecule has 0 aliphatic carbocycles. The predicted molar refractivity (Wildman–Crippen MR) is 112 cm³/mol. The van der Waals surface area contributed by atoms with E-state index in [1.807, 2.05) is 18.2 Å². The molecule has 0 saturated carbocycles. The van der Waals surface area contributed by atoms with Gasteiger partial charge in [-0.25, -0.2) is 9.07 Å². The number of carbonyl (C=O) groups is 1. The van der Waals surface area contributed by atoms with Crippen LogP contribution in [0.4, 0.5) is 4.39 Å². The highest BCUT2D eigenvalue weighted by Crippen LogP contribution is 2.27. The first kappa shape index (κ1) is 20.1. The van der Waals surface area contributed by atoms with Gasteiger partial charge in [-0.1, -0.05) is 24.3 Å². The smallest absolute Gasteiger partial charge is 0.271 e. The Morgan fingerprint density at radius 1 is 1.17 bits per heavy atom. The summed E-state index contributed by atoms with van der Waals surface area (Å²) in [6, 6.07) is 15.9. The number of carbonyl (C=O) groups excluding carboxylic acids is 1. The molecule has 1 fully saturated rings. The number of para-hydroxylation sites is 1. The molecule has 156 valence electrons. The lowest BCUT2D eigenvalue weighted by atomic mass is 10.0. The van der Waals surface area contributed by atoms with Gasteiger partial charge in [0.2, 0.25) is 0 Å². The van der Waals surface area contributed by atoms with E-state index in [1.54, 1.807) is 37.6 Å². The van der Waals surface area contributed by atoms with Gasteiger partial charge in [-0.2, -0.15) is 5.10 Å². The fourth-order valence-corrected chi connectivity index (χ4v) is 3.86. The molecule has 0 spiro atoms. The van der Waals surface area contributed by atoms with Crippen LogP contribution in [0.1, 0.15) is 34.9 Å². The Balaban J connectivity index is 1.48. The van der Waals surface area contributed by atoms with Gasteiger partial charge < -0.3 is 10.1 Å². The first-order valence-electron chi connectivity index (χ1n) is 10.1. The number of halogens is 1. The highest BCUT2D eigenvalue weighted by atomic mass is 19.1. The predicted octanol–water partition coefficient (Wildman–Crippen LogP) is 3.59. The molecule has 1 aliphatic heterocycles. The van der Waals surface area contributed by atoms with Crippen molar-refractivity contribution >= 4 is 5.91 Å². The van der Waals surface area contributed by atoms with Gasteiger partial charge in [0.15, 0.2) is 5.69 Å². The summed E-state index contributed by atoms with van der Waals surface area (Å²) in [5.74, 6) is 0.128. The standard InChI is InChI=1S/C23H25FN4O2/c1-30-18-8-6-7-17(15-18)22(27-12-4-5-13-27)16-25-23(29)20-11-14-28(26-20)21-10-3-2-9-19(21)24/h2-3,6-11,14-15,22H,4-5,12-13,16H2,1H3,(H,25,29). The third-order valence-electron chi connectivity index (χ3n) is 5.44. The van der Waals surface area contributed by atoms with Gasteiger partial charge in [0.25, 0.3) is 5.91 Å². The number of ether oxygens (including phenoxy) is 1. The normalized spacial score (nSPS) is 15.1. The van der Waals surface area contributed by atoms with Gasteiger partial charge in [0.1, 0.15) is 17.3 Å². The third-order valence-corrected chi connectivity index (χ3v) is 5.44. The summed E-state index contributed by atoms with van der Waals surface area (Å²) in [5, 5.41) is 7.25. The van der Waals surface area contributed by atoms with Crippen LogP contribution in [-0.4, -0.2) is 47.3 Å². The average molecular weight is 408 g/mol. The largest absolute Gasteiger partial charge is 0.497 e. The van der Waals surface area contributed by atoms with Crippen LogP contribution in [-0.2, 0) is 0 Å². The van der Waals surface area contributed by atoms with E-state index in [0.29, 0.717) is 12.2 Å². The van der Waals surface area contributed by atoms with Crippen molar-refractivity contribution in [2.45, 2.75) is 18.9 Å². The van der Waals surface area contributed by atoms with E-state index in [0.717, 1.165) is 37.2 Å². The second-order valence-corrected chi connectivity index (χ2v) is 7.34. The average Bonchev–Trinajstić information content (AvgIpc) is 3.47. The molecule has 1 aromatic heterocycles. The Hall–Kier alpha value is -3.19. The highest BCUT2D eigenvalue weighted by Gasteiger charge is 2.25. The molecule has 1 saturated heterocycles. The Morgan fingerprint density at radius 3 is 2.73 bits per heavy atom. The molecule has 2 aromatic carbocycles. The van der Waals surface area contributed by atoms with Crippen molar-refractivity contribution in [3.05, 3.63) is 77.9 Å². The van der Waals surface area contributed by atoms with Crippen molar-refractivity contribution in [2.75, 3.05) is 26.7 Å². The Kier molecular flexibility index (Phi) is 6.09. The quantitative estimate of drug-likeness (QED) is 0.649. The minimum Gasteiger partial charge on any atom is -0.497 e. The number of aromatic nitrogens is 2. The number of benzene rings is 2. The summed E-state index contributed by atoms with van der Waals surface area (Å²) in [4.78, 5) is 15.1. The summed E-state index contributed by atoms with van der Waals surface area (Å²) < 4.78 is 20.7. The molecule has 30 heavy (non-hydrogen) atoms. The summed E-state index contributed by atoms with van der Waals surface area (Å²) in [6.45, 7) is 2.46. The van der Waals surface area contributed by atoms with Crippen LogP contribution in [0, 0.1) is 5.82 Å². The number of rotatable bonds is 7. The fraction of sp³-hybridized carbons (Fsp3) is 0.304. The lowest BCUT2D eigenvalue weighted by Gasteiger charge is -2.28. The van der Waals surface area contributed by atoms with Crippen molar-refractivity contribution in [3.8, 4) is 11.4 Å². The monoisotopic (exact) mass is 408 g/mol. The minimum atomic E-state index is -0.389. The number of methoxy groups -OCH3 is 1. The van der Waals surface area contributed by atoms with Crippen LogP contribution in [0.25, 0.3) is 5.69 Å². The third kappa shape index (κ3) is 4.36. The van der Waals surface area contributed by atoms with Crippen molar-refractivity contribution < 1.29 is 13.9 Å². The van der Waals surface area contributed by atoms with Gasteiger partial charge in [-0.3, -0.25) is 9.69 Å². The molecule has 1 amide bonds. The van der Waals surface area contributed by atoms with Crippen LogP contribution < -0.4 is 10.1 Å². The molecule has 4 rings (SSSR count). The summed E-state index contributed by atoms with van der Waals surface area (Å²) >= 11 is 0. The Bertz CT molecular complexity index is 1010. The molecule has 6 nitrogen and oxygen atoms in total. The van der Waals surface area contributed by atoms with Crippen molar-refractivity contribution in [1.29, 1.82) is 0 Å². The molecule has 1 unspecified atom stereocenters. The maximum atomic E-state index is 14.0. The second-order valence-electron chi connectivity index (χ2n) is 7.34. The Labute approximate surface area is 175 Å². The lowest BCUT2D eigenvalue weighted by Crippen LogP contribution is -2.37. The Morgan fingerprint density at radius 2 is 1.97 bits per heavy atom. The number of nitrogens with one attached hydrogen (secondary N) is 1. The zero-order chi connectivity index (χ0) is 20.9. The zero-order valence-electron chi connectivity index (χ0n) is 16.9. The SMILES string of the molecule is COc1cccc(C(CNC(=O)c2ccn(-c3ccccc3F)n2)N2CCCC2)c1. The van der Waals surface area contributed by atoms with E-state index in [1.165, 1.54) is 10.7 Å². The van der Waals surface area contributed by atoms with Crippen molar-refractivity contribution in [1.82, 2.24) is 20.0 Å². The highest BCUT2D eigenvalue weighted by molar-refractivity contribution is 5.92. The maximum absolute atomic E-state index is 14.0. The molecule has 1 aliphatic rings. The number of amides is 1. The first-order chi connectivity index (χ1) is 14.7. The lowest BCUT2D eigenvalue weighted by molar-refractivity contribution is 0.0932. The molecule has 7 heteroatoms. The molecule has 0 bridgehead atoms. The van der Waals surface area contributed by atoms with Crippen molar-refractivity contribution in [2.24, 2.45) is 0 Å². The van der Waals surface area contributed by atoms with Crippen LogP contribution >= 0.6 is 0 Å². The topological polar surface area (TPSA) is 59.4 Å². The fourth-order valence-electron chi connectivity index (χ4n) is 3.86.